The van der Waals surface area contributed by atoms with Crippen molar-refractivity contribution in [1.82, 2.24) is 19.2 Å². The summed E-state index contributed by atoms with van der Waals surface area (Å²) in [6.45, 7) is 1.92. The number of aromatic nitrogens is 4. The smallest absolute Gasteiger partial charge is 0.300 e. The standard InChI is InChI=1S/C24H24FN5O4/c1-15(12-22(31)26-17-7-8-19(33-2)20(14-17)34-3)11-21-27-28-23-24(32)29(9-10-30(21)23)18-6-4-5-16(25)13-18/h4-10,13-15H,11-12H2,1-3H3,(H,26,31)/t15-/m0/s1. The van der Waals surface area contributed by atoms with Crippen LogP contribution in [-0.2, 0) is 11.2 Å². The Labute approximate surface area is 194 Å². The third-order valence-electron chi connectivity index (χ3n) is 5.36. The van der Waals surface area contributed by atoms with E-state index in [2.05, 4.69) is 15.5 Å². The van der Waals surface area contributed by atoms with Gasteiger partial charge in [0.15, 0.2) is 11.5 Å². The molecule has 176 valence electrons. The lowest BCUT2D eigenvalue weighted by molar-refractivity contribution is -0.116. The normalized spacial score (nSPS) is 11.9. The molecule has 0 bridgehead atoms. The lowest BCUT2D eigenvalue weighted by Crippen LogP contribution is -2.21. The third-order valence-corrected chi connectivity index (χ3v) is 5.36. The molecule has 0 spiro atoms. The van der Waals surface area contributed by atoms with Crippen molar-refractivity contribution in [3.05, 3.63) is 76.9 Å². The summed E-state index contributed by atoms with van der Waals surface area (Å²) in [5, 5.41) is 11.0. The Morgan fingerprint density at radius 1 is 1.09 bits per heavy atom. The number of nitrogens with zero attached hydrogens (tertiary/aromatic N) is 4. The summed E-state index contributed by atoms with van der Waals surface area (Å²) in [6.07, 6.45) is 3.88. The number of carbonyl (C=O) groups excluding carboxylic acids is 1. The van der Waals surface area contributed by atoms with Gasteiger partial charge in [0.25, 0.3) is 0 Å². The van der Waals surface area contributed by atoms with Crippen LogP contribution in [0.3, 0.4) is 0 Å². The number of amides is 1. The highest BCUT2D eigenvalue weighted by Crippen LogP contribution is 2.29. The molecule has 0 unspecified atom stereocenters. The maximum absolute atomic E-state index is 13.6. The van der Waals surface area contributed by atoms with Crippen LogP contribution in [0.4, 0.5) is 10.1 Å². The van der Waals surface area contributed by atoms with E-state index in [9.17, 15) is 14.0 Å². The van der Waals surface area contributed by atoms with Crippen molar-refractivity contribution in [2.45, 2.75) is 19.8 Å². The minimum Gasteiger partial charge on any atom is -0.493 e. The van der Waals surface area contributed by atoms with Gasteiger partial charge in [-0.05, 0) is 36.2 Å². The highest BCUT2D eigenvalue weighted by Gasteiger charge is 2.17. The molecule has 0 fully saturated rings. The third kappa shape index (κ3) is 4.75. The number of hydrogen-bond acceptors (Lipinski definition) is 6. The first-order chi connectivity index (χ1) is 16.4. The minimum absolute atomic E-state index is 0.0711. The maximum atomic E-state index is 13.6. The van der Waals surface area contributed by atoms with Gasteiger partial charge in [0.1, 0.15) is 11.6 Å². The van der Waals surface area contributed by atoms with Crippen LogP contribution in [0.25, 0.3) is 11.3 Å². The fourth-order valence-corrected chi connectivity index (χ4v) is 3.73. The fourth-order valence-electron chi connectivity index (χ4n) is 3.73. The maximum Gasteiger partial charge on any atom is 0.300 e. The summed E-state index contributed by atoms with van der Waals surface area (Å²) in [4.78, 5) is 25.4. The van der Waals surface area contributed by atoms with Crippen molar-refractivity contribution in [3.8, 4) is 17.2 Å². The monoisotopic (exact) mass is 465 g/mol. The molecule has 4 aromatic rings. The summed E-state index contributed by atoms with van der Waals surface area (Å²) in [6, 6.07) is 10.9. The Morgan fingerprint density at radius 2 is 1.88 bits per heavy atom. The lowest BCUT2D eigenvalue weighted by Gasteiger charge is -2.13. The van der Waals surface area contributed by atoms with Crippen LogP contribution < -0.4 is 20.3 Å². The SMILES string of the molecule is COc1ccc(NC(=O)C[C@@H](C)Cc2nnc3c(=O)n(-c4cccc(F)c4)ccn23)cc1OC. The summed E-state index contributed by atoms with van der Waals surface area (Å²) < 4.78 is 27.0. The Kier molecular flexibility index (Phi) is 6.58. The molecule has 1 N–H and O–H groups in total. The van der Waals surface area contributed by atoms with Crippen LogP contribution in [0, 0.1) is 11.7 Å². The van der Waals surface area contributed by atoms with Crippen molar-refractivity contribution in [3.63, 3.8) is 0 Å². The molecule has 2 heterocycles. The minimum atomic E-state index is -0.438. The van der Waals surface area contributed by atoms with E-state index in [4.69, 9.17) is 9.47 Å². The number of ether oxygens (including phenoxy) is 2. The van der Waals surface area contributed by atoms with E-state index in [-0.39, 0.29) is 23.9 Å². The number of anilines is 1. The molecular formula is C24H24FN5O4. The second-order valence-corrected chi connectivity index (χ2v) is 7.89. The number of nitrogens with one attached hydrogen (secondary N) is 1. The van der Waals surface area contributed by atoms with E-state index >= 15 is 0 Å². The number of benzene rings is 2. The second kappa shape index (κ2) is 9.74. The van der Waals surface area contributed by atoms with Crippen molar-refractivity contribution in [1.29, 1.82) is 0 Å². The largest absolute Gasteiger partial charge is 0.493 e. The van der Waals surface area contributed by atoms with E-state index in [1.807, 2.05) is 6.92 Å². The quantitative estimate of drug-likeness (QED) is 0.429. The molecule has 0 radical (unpaired) electrons. The van der Waals surface area contributed by atoms with E-state index in [1.54, 1.807) is 48.2 Å². The van der Waals surface area contributed by atoms with Gasteiger partial charge in [-0.3, -0.25) is 18.6 Å². The topological polar surface area (TPSA) is 99.8 Å². The van der Waals surface area contributed by atoms with Gasteiger partial charge in [0.2, 0.25) is 11.6 Å². The molecule has 0 saturated heterocycles. The zero-order chi connectivity index (χ0) is 24.2. The fraction of sp³-hybridized carbons (Fsp3) is 0.250. The zero-order valence-corrected chi connectivity index (χ0v) is 19.0. The first kappa shape index (κ1) is 23.0. The second-order valence-electron chi connectivity index (χ2n) is 7.89. The van der Waals surface area contributed by atoms with Crippen molar-refractivity contribution in [2.24, 2.45) is 5.92 Å². The van der Waals surface area contributed by atoms with Crippen LogP contribution in [-0.4, -0.2) is 39.3 Å². The molecule has 0 saturated carbocycles. The predicted molar refractivity (Wildman–Crippen MR) is 124 cm³/mol. The van der Waals surface area contributed by atoms with Crippen LogP contribution >= 0.6 is 0 Å². The number of fused-ring (bicyclic) bond motifs is 1. The van der Waals surface area contributed by atoms with Crippen LogP contribution in [0.15, 0.2) is 59.7 Å². The molecule has 1 amide bonds. The number of carbonyl (C=O) groups is 1. The van der Waals surface area contributed by atoms with Gasteiger partial charge in [-0.25, -0.2) is 4.39 Å². The van der Waals surface area contributed by atoms with Crippen molar-refractivity contribution in [2.75, 3.05) is 19.5 Å². The van der Waals surface area contributed by atoms with Crippen LogP contribution in [0.5, 0.6) is 11.5 Å². The van der Waals surface area contributed by atoms with Gasteiger partial charge in [0.05, 0.1) is 19.9 Å². The molecular weight excluding hydrogens is 441 g/mol. The first-order valence-corrected chi connectivity index (χ1v) is 10.6. The Bertz CT molecular complexity index is 1400. The van der Waals surface area contributed by atoms with Crippen LogP contribution in [0.1, 0.15) is 19.2 Å². The molecule has 2 aromatic heterocycles. The summed E-state index contributed by atoms with van der Waals surface area (Å²) in [7, 11) is 3.07. The summed E-state index contributed by atoms with van der Waals surface area (Å²) >= 11 is 0. The Morgan fingerprint density at radius 3 is 2.62 bits per heavy atom. The van der Waals surface area contributed by atoms with E-state index in [1.165, 1.54) is 29.9 Å². The molecule has 0 aliphatic rings. The molecule has 10 heteroatoms. The van der Waals surface area contributed by atoms with Gasteiger partial charge in [-0.1, -0.05) is 13.0 Å². The van der Waals surface area contributed by atoms with Crippen LogP contribution in [0.2, 0.25) is 0 Å². The average Bonchev–Trinajstić information content (AvgIpc) is 3.22. The number of methoxy groups -OCH3 is 2. The number of hydrogen-bond donors (Lipinski definition) is 1. The average molecular weight is 465 g/mol. The predicted octanol–water partition coefficient (Wildman–Crippen LogP) is 3.24. The van der Waals surface area contributed by atoms with Gasteiger partial charge in [-0.2, -0.15) is 0 Å². The molecule has 0 aliphatic heterocycles. The highest BCUT2D eigenvalue weighted by atomic mass is 19.1. The Balaban J connectivity index is 1.46. The van der Waals surface area contributed by atoms with Crippen molar-refractivity contribution >= 4 is 17.2 Å². The van der Waals surface area contributed by atoms with Gasteiger partial charge in [0, 0.05) is 37.0 Å². The van der Waals surface area contributed by atoms with E-state index in [0.717, 1.165) is 0 Å². The first-order valence-electron chi connectivity index (χ1n) is 10.6. The molecule has 4 rings (SSSR count). The molecule has 34 heavy (non-hydrogen) atoms. The van der Waals surface area contributed by atoms with E-state index < -0.39 is 11.4 Å². The molecule has 0 aliphatic carbocycles. The zero-order valence-electron chi connectivity index (χ0n) is 19.0. The van der Waals surface area contributed by atoms with Gasteiger partial charge in [-0.15, -0.1) is 10.2 Å². The van der Waals surface area contributed by atoms with Crippen molar-refractivity contribution < 1.29 is 18.7 Å². The summed E-state index contributed by atoms with van der Waals surface area (Å²) in [5.74, 6) is 0.980. The Hall–Kier alpha value is -4.21. The lowest BCUT2D eigenvalue weighted by atomic mass is 10.0. The number of halogens is 1. The highest BCUT2D eigenvalue weighted by molar-refractivity contribution is 5.91. The molecule has 9 nitrogen and oxygen atoms in total. The van der Waals surface area contributed by atoms with Gasteiger partial charge >= 0.3 is 5.56 Å². The molecule has 1 atom stereocenters. The summed E-state index contributed by atoms with van der Waals surface area (Å²) in [5.41, 5.74) is 0.715. The van der Waals surface area contributed by atoms with E-state index in [0.29, 0.717) is 35.1 Å². The molecule has 2 aromatic carbocycles. The number of rotatable bonds is 8. The van der Waals surface area contributed by atoms with Gasteiger partial charge < -0.3 is 14.8 Å².